The summed E-state index contributed by atoms with van der Waals surface area (Å²) in [6, 6.07) is 20.0. The van der Waals surface area contributed by atoms with E-state index in [0.29, 0.717) is 34.4 Å². The van der Waals surface area contributed by atoms with Crippen LogP contribution in [0.4, 0.5) is 45.5 Å². The number of aromatic hydroxyl groups is 5. The van der Waals surface area contributed by atoms with Crippen LogP contribution in [-0.4, -0.2) is 40.1 Å². The zero-order valence-corrected chi connectivity index (χ0v) is 51.9. The van der Waals surface area contributed by atoms with Gasteiger partial charge in [-0.2, -0.15) is 0 Å². The molecule has 8 aromatic rings. The molecule has 7 aromatic carbocycles. The summed E-state index contributed by atoms with van der Waals surface area (Å²) in [6.45, 7) is 28.7. The van der Waals surface area contributed by atoms with E-state index in [9.17, 15) is 25.5 Å². The van der Waals surface area contributed by atoms with Crippen molar-refractivity contribution < 1.29 is 25.5 Å². The molecule has 0 saturated carbocycles. The number of benzene rings is 7. The molecule has 3 aliphatic heterocycles. The van der Waals surface area contributed by atoms with Crippen LogP contribution >= 0.6 is 33.9 Å². The van der Waals surface area contributed by atoms with E-state index in [4.69, 9.17) is 7.85 Å². The van der Waals surface area contributed by atoms with E-state index in [1.165, 1.54) is 5.57 Å². The highest BCUT2D eigenvalue weighted by molar-refractivity contribution is 14.1. The standard InChI is InChI=1S/C69H68B2IN3O5S/c1-31-33(3)58(40(10)61(76)35(31)5)73-45-23-24-46-49(30-45)74(48-22-18-16-20-43(48)27-42-19-15-17-21-47(42)73)50-28-44(53-62(77)39(9)54-55(65(53)80)68(12,13)25-26-69(54,14)72)29-51-57(50)71(46)67-60(52-38(8)56(70)32(2)37(7)66(52)81-67)75(51)59-34(4)36(6)63(78)64(79)41(59)11/h15,17,19-24,28-30,76-80H,16,18,25-27H2,1-14H3. The van der Waals surface area contributed by atoms with E-state index in [0.717, 1.165) is 175 Å². The van der Waals surface area contributed by atoms with Crippen molar-refractivity contribution in [3.63, 3.8) is 0 Å². The number of anilines is 8. The van der Waals surface area contributed by atoms with Crippen LogP contribution in [0.25, 0.3) is 21.2 Å². The third-order valence-corrected chi connectivity index (χ3v) is 22.3. The first kappa shape index (κ1) is 53.5. The fraction of sp³-hybridized carbons (Fsp3) is 0.304. The van der Waals surface area contributed by atoms with Gasteiger partial charge in [-0.1, -0.05) is 83.9 Å². The van der Waals surface area contributed by atoms with Gasteiger partial charge in [-0.05, 0) is 222 Å². The number of nitrogens with zero attached hydrogens (tertiary/aromatic N) is 3. The molecule has 13 rings (SSSR count). The zero-order chi connectivity index (χ0) is 57.7. The molecule has 12 heteroatoms. The summed E-state index contributed by atoms with van der Waals surface area (Å²) in [4.78, 5) is 7.15. The average molecular weight is 1200 g/mol. The summed E-state index contributed by atoms with van der Waals surface area (Å²) in [5.74, 6) is 0.0909. The predicted molar refractivity (Wildman–Crippen MR) is 348 cm³/mol. The minimum absolute atomic E-state index is 0.0475. The fourth-order valence-corrected chi connectivity index (χ4v) is 17.3. The van der Waals surface area contributed by atoms with Gasteiger partial charge >= 0.3 is 0 Å². The number of hydrogen-bond donors (Lipinski definition) is 5. The molecule has 408 valence electrons. The SMILES string of the molecule is [B]c1c(C)c(C)c2sc3c(c2c1C)N(c1c(C)c(C)c(O)c(O)c1C)c1cc(-c2c(O)c(C)c4c(c2O)C(C)(C)CCC4(C)I)cc2c1B3c1ccc3cc1N2C1=CCCC=C1Cc1ccccc1N3c1c(C)c(C)c(C)c(O)c1C. The van der Waals surface area contributed by atoms with E-state index >= 15 is 0 Å². The first-order valence-corrected chi connectivity index (χ1v) is 30.3. The van der Waals surface area contributed by atoms with Crippen molar-refractivity contribution in [1.29, 1.82) is 0 Å². The Hall–Kier alpha value is -6.76. The Morgan fingerprint density at radius 2 is 1.19 bits per heavy atom. The third-order valence-electron chi connectivity index (χ3n) is 19.9. The number of para-hydroxylation sites is 1. The van der Waals surface area contributed by atoms with Crippen molar-refractivity contribution in [2.45, 2.75) is 138 Å². The van der Waals surface area contributed by atoms with Crippen LogP contribution in [0.15, 0.2) is 78.0 Å². The van der Waals surface area contributed by atoms with Crippen LogP contribution in [0.1, 0.15) is 124 Å². The number of aryl methyl sites for hydroxylation is 2. The van der Waals surface area contributed by atoms with Crippen molar-refractivity contribution in [3.05, 3.63) is 156 Å². The second-order valence-corrected chi connectivity index (χ2v) is 28.2. The summed E-state index contributed by atoms with van der Waals surface area (Å²) < 4.78 is 1.92. The van der Waals surface area contributed by atoms with E-state index in [2.05, 4.69) is 159 Å². The molecule has 4 heterocycles. The minimum atomic E-state index is -0.405. The van der Waals surface area contributed by atoms with Crippen LogP contribution < -0.4 is 35.9 Å². The lowest BCUT2D eigenvalue weighted by atomic mass is 9.36. The number of fused-ring (bicyclic) bond motifs is 11. The van der Waals surface area contributed by atoms with E-state index in [1.807, 2.05) is 41.5 Å². The Morgan fingerprint density at radius 1 is 0.556 bits per heavy atom. The highest BCUT2D eigenvalue weighted by Gasteiger charge is 2.49. The van der Waals surface area contributed by atoms with Gasteiger partial charge in [-0.15, -0.1) is 11.3 Å². The smallest absolute Gasteiger partial charge is 0.264 e. The molecule has 81 heavy (non-hydrogen) atoms. The molecule has 1 aromatic heterocycles. The molecule has 1 atom stereocenters. The molecule has 5 N–H and O–H groups in total. The van der Waals surface area contributed by atoms with Crippen LogP contribution in [0.2, 0.25) is 0 Å². The van der Waals surface area contributed by atoms with Crippen molar-refractivity contribution >= 4 is 125 Å². The molecule has 0 saturated heterocycles. The maximum Gasteiger partial charge on any atom is 0.264 e. The van der Waals surface area contributed by atoms with Crippen LogP contribution in [0.5, 0.6) is 28.7 Å². The van der Waals surface area contributed by atoms with E-state index in [-0.39, 0.29) is 33.1 Å². The molecule has 1 unspecified atom stereocenters. The molecule has 2 aliphatic carbocycles. The van der Waals surface area contributed by atoms with Crippen molar-refractivity contribution in [2.24, 2.45) is 0 Å². The maximum atomic E-state index is 13.3. The monoisotopic (exact) mass is 1200 g/mol. The number of halogens is 1. The fourth-order valence-electron chi connectivity index (χ4n) is 14.9. The molecule has 0 fully saturated rings. The average Bonchev–Trinajstić information content (AvgIpc) is 2.02. The summed E-state index contributed by atoms with van der Waals surface area (Å²) in [7, 11) is 7.20. The molecule has 0 spiro atoms. The Kier molecular flexibility index (Phi) is 12.0. The first-order chi connectivity index (χ1) is 38.3. The number of rotatable bonds is 3. The highest BCUT2D eigenvalue weighted by atomic mass is 127. The second-order valence-electron chi connectivity index (χ2n) is 24.8. The predicted octanol–water partition coefficient (Wildman–Crippen LogP) is 15.4. The Morgan fingerprint density at radius 3 is 1.91 bits per heavy atom. The lowest BCUT2D eigenvalue weighted by Gasteiger charge is -2.46. The van der Waals surface area contributed by atoms with Gasteiger partial charge in [0, 0.05) is 75.5 Å². The Labute approximate surface area is 495 Å². The summed E-state index contributed by atoms with van der Waals surface area (Å²) in [5, 5.41) is 63.0. The van der Waals surface area contributed by atoms with Gasteiger partial charge in [0.1, 0.15) is 25.1 Å². The largest absolute Gasteiger partial charge is 0.507 e. The first-order valence-electron chi connectivity index (χ1n) is 28.4. The van der Waals surface area contributed by atoms with Gasteiger partial charge in [-0.25, -0.2) is 0 Å². The van der Waals surface area contributed by atoms with Gasteiger partial charge in [-0.3, -0.25) is 0 Å². The molecular formula is C69H68B2IN3O5S. The van der Waals surface area contributed by atoms with Crippen LogP contribution in [-0.2, 0) is 15.3 Å². The van der Waals surface area contributed by atoms with Gasteiger partial charge < -0.3 is 40.2 Å². The Balaban J connectivity index is 1.24. The number of thiophene rings is 1. The second kappa shape index (κ2) is 18.1. The number of hydrogen-bond acceptors (Lipinski definition) is 9. The van der Waals surface area contributed by atoms with Crippen molar-refractivity contribution in [2.75, 3.05) is 14.7 Å². The van der Waals surface area contributed by atoms with Gasteiger partial charge in [0.2, 0.25) is 0 Å². The van der Waals surface area contributed by atoms with E-state index < -0.39 is 5.41 Å². The Bertz CT molecular complexity index is 4220. The molecule has 2 bridgehead atoms. The van der Waals surface area contributed by atoms with Gasteiger partial charge in [0.15, 0.2) is 11.5 Å². The van der Waals surface area contributed by atoms with Crippen molar-refractivity contribution in [1.82, 2.24) is 0 Å². The summed E-state index contributed by atoms with van der Waals surface area (Å²) in [5.41, 5.74) is 25.7. The normalized spacial score (nSPS) is 17.6. The topological polar surface area (TPSA) is 111 Å². The minimum Gasteiger partial charge on any atom is -0.507 e. The number of phenols is 5. The molecule has 8 nitrogen and oxygen atoms in total. The zero-order valence-electron chi connectivity index (χ0n) is 48.9. The van der Waals surface area contributed by atoms with Crippen LogP contribution in [0.3, 0.4) is 0 Å². The van der Waals surface area contributed by atoms with Crippen molar-refractivity contribution in [3.8, 4) is 39.9 Å². The highest BCUT2D eigenvalue weighted by Crippen LogP contribution is 2.61. The van der Waals surface area contributed by atoms with E-state index in [1.54, 1.807) is 11.3 Å². The lowest BCUT2D eigenvalue weighted by Crippen LogP contribution is -2.61. The quantitative estimate of drug-likeness (QED) is 0.0515. The number of phenolic OH excluding ortho intramolecular Hbond substituents is 5. The third kappa shape index (κ3) is 7.20. The number of alkyl halides is 1. The molecule has 2 radical (unpaired) electrons. The van der Waals surface area contributed by atoms with Gasteiger partial charge in [0.25, 0.3) is 6.71 Å². The molecular weight excluding hydrogens is 1130 g/mol. The number of allylic oxidation sites excluding steroid dienone is 3. The van der Waals surface area contributed by atoms with Gasteiger partial charge in [0.05, 0.1) is 22.6 Å². The van der Waals surface area contributed by atoms with Crippen LogP contribution in [0, 0.1) is 76.2 Å². The lowest BCUT2D eigenvalue weighted by molar-refractivity contribution is 0.361. The molecule has 5 aliphatic rings. The molecule has 0 amide bonds. The summed E-state index contributed by atoms with van der Waals surface area (Å²) in [6.07, 6.45) is 8.88. The maximum absolute atomic E-state index is 13.3. The summed E-state index contributed by atoms with van der Waals surface area (Å²) >= 11 is 4.32.